The largest absolute Gasteiger partial charge is 0.354 e. The number of nitrogens with zero attached hydrogens (tertiary/aromatic N) is 1. The lowest BCUT2D eigenvalue weighted by atomic mass is 9.96. The predicted molar refractivity (Wildman–Crippen MR) is 90.8 cm³/mol. The highest BCUT2D eigenvalue weighted by Crippen LogP contribution is 2.27. The third kappa shape index (κ3) is 4.88. The summed E-state index contributed by atoms with van der Waals surface area (Å²) in [5, 5.41) is 3.26. The van der Waals surface area contributed by atoms with Crippen LogP contribution in [0.1, 0.15) is 26.3 Å². The van der Waals surface area contributed by atoms with Gasteiger partial charge in [0.1, 0.15) is 0 Å². The maximum Gasteiger partial charge on any atom is 0.232 e. The first-order valence-electron chi connectivity index (χ1n) is 6.95. The van der Waals surface area contributed by atoms with E-state index in [1.165, 1.54) is 4.31 Å². The second-order valence-corrected chi connectivity index (χ2v) is 8.54. The lowest BCUT2D eigenvalue weighted by molar-refractivity contribution is -0.128. The van der Waals surface area contributed by atoms with Crippen molar-refractivity contribution < 1.29 is 13.2 Å². The molecule has 0 aliphatic rings. The summed E-state index contributed by atoms with van der Waals surface area (Å²) in [4.78, 5) is 11.9. The van der Waals surface area contributed by atoms with Crippen molar-refractivity contribution in [1.29, 1.82) is 0 Å². The molecule has 0 saturated heterocycles. The molecule has 1 aromatic rings. The molecule has 0 unspecified atom stereocenters. The van der Waals surface area contributed by atoms with Crippen LogP contribution < -0.4 is 9.62 Å². The Bertz CT molecular complexity index is 651. The zero-order valence-corrected chi connectivity index (χ0v) is 15.2. The van der Waals surface area contributed by atoms with Crippen LogP contribution in [-0.4, -0.2) is 33.7 Å². The zero-order valence-electron chi connectivity index (χ0n) is 13.6. The fourth-order valence-corrected chi connectivity index (χ4v) is 3.01. The molecule has 22 heavy (non-hydrogen) atoms. The molecule has 0 aliphatic heterocycles. The molecule has 1 rings (SSSR count). The number of sulfonamides is 1. The van der Waals surface area contributed by atoms with Crippen LogP contribution in [0.4, 0.5) is 5.69 Å². The second kappa shape index (κ2) is 6.87. The number of amides is 1. The third-order valence-electron chi connectivity index (χ3n) is 3.19. The molecular weight excluding hydrogens is 324 g/mol. The number of nitrogens with one attached hydrogen (secondary N) is 1. The van der Waals surface area contributed by atoms with E-state index in [-0.39, 0.29) is 19.0 Å². The number of carbonyl (C=O) groups excluding carboxylic acids is 1. The first kappa shape index (κ1) is 18.8. The second-order valence-electron chi connectivity index (χ2n) is 6.22. The van der Waals surface area contributed by atoms with Gasteiger partial charge in [0.2, 0.25) is 15.9 Å². The first-order valence-corrected chi connectivity index (χ1v) is 9.18. The minimum absolute atomic E-state index is 0.122. The molecule has 0 fully saturated rings. The van der Waals surface area contributed by atoms with E-state index >= 15 is 0 Å². The fourth-order valence-electron chi connectivity index (χ4n) is 1.87. The minimum Gasteiger partial charge on any atom is -0.354 e. The standard InChI is InChI=1S/C15H23ClN2O3S/c1-11-12(16)7-6-8-13(11)18(22(5,20)21)10-9-17-14(19)15(2,3)4/h6-8H,9-10H2,1-5H3,(H,17,19). The van der Waals surface area contributed by atoms with Crippen LogP contribution in [-0.2, 0) is 14.8 Å². The van der Waals surface area contributed by atoms with Gasteiger partial charge in [-0.3, -0.25) is 9.10 Å². The zero-order chi connectivity index (χ0) is 17.1. The van der Waals surface area contributed by atoms with Crippen LogP contribution in [0.3, 0.4) is 0 Å². The number of benzene rings is 1. The van der Waals surface area contributed by atoms with Gasteiger partial charge in [0, 0.05) is 17.0 Å². The molecule has 124 valence electrons. The van der Waals surface area contributed by atoms with E-state index in [1.807, 2.05) is 0 Å². The van der Waals surface area contributed by atoms with E-state index in [2.05, 4.69) is 5.32 Å². The van der Waals surface area contributed by atoms with Gasteiger partial charge < -0.3 is 5.32 Å². The highest BCUT2D eigenvalue weighted by atomic mass is 35.5. The summed E-state index contributed by atoms with van der Waals surface area (Å²) >= 11 is 6.06. The van der Waals surface area contributed by atoms with Crippen molar-refractivity contribution in [1.82, 2.24) is 5.32 Å². The van der Waals surface area contributed by atoms with Gasteiger partial charge in [-0.05, 0) is 24.6 Å². The molecule has 0 bridgehead atoms. The van der Waals surface area contributed by atoms with Gasteiger partial charge in [-0.25, -0.2) is 8.42 Å². The van der Waals surface area contributed by atoms with Crippen LogP contribution >= 0.6 is 11.6 Å². The summed E-state index contributed by atoms with van der Waals surface area (Å²) in [6, 6.07) is 5.12. The van der Waals surface area contributed by atoms with E-state index in [1.54, 1.807) is 45.9 Å². The first-order chi connectivity index (χ1) is 9.94. The van der Waals surface area contributed by atoms with E-state index < -0.39 is 15.4 Å². The van der Waals surface area contributed by atoms with Gasteiger partial charge in [0.25, 0.3) is 0 Å². The maximum atomic E-state index is 12.0. The number of carbonyl (C=O) groups is 1. The molecule has 0 spiro atoms. The molecule has 0 aliphatic carbocycles. The average Bonchev–Trinajstić information content (AvgIpc) is 2.36. The molecule has 0 saturated carbocycles. The van der Waals surface area contributed by atoms with Crippen LogP contribution in [0, 0.1) is 12.3 Å². The lowest BCUT2D eigenvalue weighted by Crippen LogP contribution is -2.41. The number of halogens is 1. The minimum atomic E-state index is -3.47. The topological polar surface area (TPSA) is 66.5 Å². The highest BCUT2D eigenvalue weighted by Gasteiger charge is 2.23. The van der Waals surface area contributed by atoms with Crippen LogP contribution in [0.2, 0.25) is 5.02 Å². The van der Waals surface area contributed by atoms with Crippen molar-refractivity contribution in [2.24, 2.45) is 5.41 Å². The van der Waals surface area contributed by atoms with Gasteiger partial charge >= 0.3 is 0 Å². The van der Waals surface area contributed by atoms with Gasteiger partial charge in [-0.2, -0.15) is 0 Å². The van der Waals surface area contributed by atoms with E-state index in [0.717, 1.165) is 6.26 Å². The van der Waals surface area contributed by atoms with Crippen molar-refractivity contribution in [2.75, 3.05) is 23.7 Å². The molecule has 1 N–H and O–H groups in total. The van der Waals surface area contributed by atoms with Gasteiger partial charge in [-0.15, -0.1) is 0 Å². The van der Waals surface area contributed by atoms with Crippen molar-refractivity contribution in [3.05, 3.63) is 28.8 Å². The van der Waals surface area contributed by atoms with Crippen molar-refractivity contribution in [2.45, 2.75) is 27.7 Å². The maximum absolute atomic E-state index is 12.0. The predicted octanol–water partition coefficient (Wildman–Crippen LogP) is 2.58. The molecule has 7 heteroatoms. The van der Waals surface area contributed by atoms with Crippen molar-refractivity contribution in [3.63, 3.8) is 0 Å². The Morgan fingerprint density at radius 2 is 1.91 bits per heavy atom. The lowest BCUT2D eigenvalue weighted by Gasteiger charge is -2.25. The molecular formula is C15H23ClN2O3S. The van der Waals surface area contributed by atoms with Crippen molar-refractivity contribution in [3.8, 4) is 0 Å². The number of anilines is 1. The average molecular weight is 347 g/mol. The molecule has 0 radical (unpaired) electrons. The fraction of sp³-hybridized carbons (Fsp3) is 0.533. The monoisotopic (exact) mass is 346 g/mol. The Labute approximate surface area is 137 Å². The van der Waals surface area contributed by atoms with Crippen LogP contribution in [0.15, 0.2) is 18.2 Å². The van der Waals surface area contributed by atoms with E-state index in [4.69, 9.17) is 11.6 Å². The Balaban J connectivity index is 2.93. The Hall–Kier alpha value is -1.27. The number of rotatable bonds is 5. The summed E-state index contributed by atoms with van der Waals surface area (Å²) in [5.41, 5.74) is 0.707. The molecule has 0 atom stereocenters. The molecule has 1 amide bonds. The summed E-state index contributed by atoms with van der Waals surface area (Å²) < 4.78 is 25.3. The Morgan fingerprint density at radius 3 is 2.41 bits per heavy atom. The van der Waals surface area contributed by atoms with Crippen LogP contribution in [0.25, 0.3) is 0 Å². The summed E-state index contributed by atoms with van der Waals surface area (Å²) in [6.45, 7) is 7.56. The molecule has 0 aromatic heterocycles. The van der Waals surface area contributed by atoms with Gasteiger partial charge in [-0.1, -0.05) is 38.4 Å². The van der Waals surface area contributed by atoms with E-state index in [9.17, 15) is 13.2 Å². The van der Waals surface area contributed by atoms with Crippen molar-refractivity contribution >= 4 is 33.2 Å². The third-order valence-corrected chi connectivity index (χ3v) is 4.78. The SMILES string of the molecule is Cc1c(Cl)cccc1N(CCNC(=O)C(C)(C)C)S(C)(=O)=O. The summed E-state index contributed by atoms with van der Waals surface area (Å²) in [7, 11) is -3.47. The van der Waals surface area contributed by atoms with Gasteiger partial charge in [0.15, 0.2) is 0 Å². The number of hydrogen-bond donors (Lipinski definition) is 1. The summed E-state index contributed by atoms with van der Waals surface area (Å²) in [6.07, 6.45) is 1.14. The normalized spacial score (nSPS) is 12.1. The molecule has 5 nitrogen and oxygen atoms in total. The highest BCUT2D eigenvalue weighted by molar-refractivity contribution is 7.92. The van der Waals surface area contributed by atoms with Crippen LogP contribution in [0.5, 0.6) is 0 Å². The van der Waals surface area contributed by atoms with Gasteiger partial charge in [0.05, 0.1) is 18.5 Å². The molecule has 0 heterocycles. The smallest absolute Gasteiger partial charge is 0.232 e. The quantitative estimate of drug-likeness (QED) is 0.891. The summed E-state index contributed by atoms with van der Waals surface area (Å²) in [5.74, 6) is -0.122. The van der Waals surface area contributed by atoms with E-state index in [0.29, 0.717) is 16.3 Å². The Morgan fingerprint density at radius 1 is 1.32 bits per heavy atom. The molecule has 1 aromatic carbocycles. The Kier molecular flexibility index (Phi) is 5.87. The number of hydrogen-bond acceptors (Lipinski definition) is 3.